The van der Waals surface area contributed by atoms with Gasteiger partial charge in [-0.3, -0.25) is 4.79 Å². The molecule has 5 heteroatoms. The van der Waals surface area contributed by atoms with Gasteiger partial charge < -0.3 is 10.3 Å². The number of aromatic amines is 1. The van der Waals surface area contributed by atoms with Crippen LogP contribution in [0.25, 0.3) is 10.9 Å². The molecule has 5 nitrogen and oxygen atoms in total. The summed E-state index contributed by atoms with van der Waals surface area (Å²) in [4.78, 5) is 29.7. The van der Waals surface area contributed by atoms with Gasteiger partial charge in [-0.15, -0.1) is 0 Å². The molecule has 0 saturated carbocycles. The highest BCUT2D eigenvalue weighted by Crippen LogP contribution is 2.12. The summed E-state index contributed by atoms with van der Waals surface area (Å²) in [5, 5.41) is 3.42. The first-order valence-electron chi connectivity index (χ1n) is 5.99. The van der Waals surface area contributed by atoms with E-state index in [9.17, 15) is 9.59 Å². The van der Waals surface area contributed by atoms with Gasteiger partial charge in [0.25, 0.3) is 5.91 Å². The quantitative estimate of drug-likeness (QED) is 0.801. The number of nitrogens with one attached hydrogen (secondary N) is 2. The molecule has 18 heavy (non-hydrogen) atoms. The van der Waals surface area contributed by atoms with Crippen LogP contribution in [-0.2, 0) is 0 Å². The van der Waals surface area contributed by atoms with E-state index in [1.54, 1.807) is 18.2 Å². The van der Waals surface area contributed by atoms with Crippen molar-refractivity contribution in [3.05, 3.63) is 40.4 Å². The van der Waals surface area contributed by atoms with Crippen molar-refractivity contribution in [2.45, 2.75) is 19.8 Å². The summed E-state index contributed by atoms with van der Waals surface area (Å²) in [6, 6.07) is 7.14. The molecule has 0 aliphatic heterocycles. The first-order valence-corrected chi connectivity index (χ1v) is 5.99. The predicted molar refractivity (Wildman–Crippen MR) is 69.6 cm³/mol. The van der Waals surface area contributed by atoms with Crippen LogP contribution in [0.4, 0.5) is 0 Å². The lowest BCUT2D eigenvalue weighted by Gasteiger charge is -2.06. The van der Waals surface area contributed by atoms with Crippen LogP contribution in [0.3, 0.4) is 0 Å². The van der Waals surface area contributed by atoms with E-state index >= 15 is 0 Å². The molecule has 0 saturated heterocycles. The van der Waals surface area contributed by atoms with Crippen LogP contribution >= 0.6 is 0 Å². The molecule has 2 aromatic rings. The van der Waals surface area contributed by atoms with Gasteiger partial charge in [-0.1, -0.05) is 31.5 Å². The van der Waals surface area contributed by atoms with E-state index in [4.69, 9.17) is 0 Å². The van der Waals surface area contributed by atoms with E-state index in [1.165, 1.54) is 0 Å². The van der Waals surface area contributed by atoms with Crippen molar-refractivity contribution in [2.75, 3.05) is 6.54 Å². The van der Waals surface area contributed by atoms with Crippen LogP contribution in [0, 0.1) is 0 Å². The number of fused-ring (bicyclic) bond motifs is 1. The van der Waals surface area contributed by atoms with Crippen molar-refractivity contribution in [3.8, 4) is 0 Å². The Balaban J connectivity index is 2.37. The fourth-order valence-electron chi connectivity index (χ4n) is 1.74. The molecule has 2 rings (SSSR count). The molecule has 1 aromatic heterocycles. The van der Waals surface area contributed by atoms with E-state index in [1.807, 2.05) is 13.0 Å². The number of hydrogen-bond acceptors (Lipinski definition) is 3. The Hall–Kier alpha value is -2.17. The van der Waals surface area contributed by atoms with Crippen LogP contribution in [0.1, 0.15) is 30.3 Å². The van der Waals surface area contributed by atoms with Gasteiger partial charge in [0.2, 0.25) is 0 Å². The predicted octanol–water partition coefficient (Wildman–Crippen LogP) is 1.45. The Bertz CT molecular complexity index is 619. The van der Waals surface area contributed by atoms with Gasteiger partial charge >= 0.3 is 5.69 Å². The third kappa shape index (κ3) is 2.56. The minimum atomic E-state index is -0.505. The first-order chi connectivity index (χ1) is 8.72. The summed E-state index contributed by atoms with van der Waals surface area (Å²) < 4.78 is 0. The molecular formula is C13H15N3O2. The van der Waals surface area contributed by atoms with Crippen LogP contribution in [0.15, 0.2) is 29.1 Å². The SMILES string of the molecule is CCCCNC(=O)c1nc(=O)[nH]c2ccccc12. The minimum absolute atomic E-state index is 0.186. The van der Waals surface area contributed by atoms with E-state index in [0.29, 0.717) is 17.4 Å². The molecule has 0 unspecified atom stereocenters. The summed E-state index contributed by atoms with van der Waals surface area (Å²) in [6.45, 7) is 2.64. The highest BCUT2D eigenvalue weighted by atomic mass is 16.2. The molecule has 94 valence electrons. The monoisotopic (exact) mass is 245 g/mol. The number of benzene rings is 1. The standard InChI is InChI=1S/C13H15N3O2/c1-2-3-8-14-12(17)11-9-6-4-5-7-10(9)15-13(18)16-11/h4-7H,2-3,8H2,1H3,(H,14,17)(H,15,16,18). The Kier molecular flexibility index (Phi) is 3.72. The van der Waals surface area contributed by atoms with Gasteiger partial charge in [0, 0.05) is 11.9 Å². The summed E-state index contributed by atoms with van der Waals surface area (Å²) in [6.07, 6.45) is 1.91. The Morgan fingerprint density at radius 1 is 1.39 bits per heavy atom. The van der Waals surface area contributed by atoms with E-state index in [-0.39, 0.29) is 11.6 Å². The third-order valence-electron chi connectivity index (χ3n) is 2.67. The molecule has 0 bridgehead atoms. The van der Waals surface area contributed by atoms with Crippen LogP contribution in [0.5, 0.6) is 0 Å². The molecular weight excluding hydrogens is 230 g/mol. The highest BCUT2D eigenvalue weighted by molar-refractivity contribution is 6.04. The molecule has 1 aromatic carbocycles. The molecule has 0 spiro atoms. The zero-order valence-electron chi connectivity index (χ0n) is 10.2. The van der Waals surface area contributed by atoms with E-state index in [0.717, 1.165) is 12.8 Å². The van der Waals surface area contributed by atoms with Gasteiger partial charge in [-0.05, 0) is 12.5 Å². The number of H-pyrrole nitrogens is 1. The highest BCUT2D eigenvalue weighted by Gasteiger charge is 2.12. The second-order valence-electron chi connectivity index (χ2n) is 4.05. The largest absolute Gasteiger partial charge is 0.351 e. The molecule has 0 fully saturated rings. The van der Waals surface area contributed by atoms with Gasteiger partial charge in [0.15, 0.2) is 0 Å². The topological polar surface area (TPSA) is 74.8 Å². The smallest absolute Gasteiger partial charge is 0.346 e. The third-order valence-corrected chi connectivity index (χ3v) is 2.67. The van der Waals surface area contributed by atoms with Gasteiger partial charge in [0.05, 0.1) is 5.52 Å². The summed E-state index contributed by atoms with van der Waals surface area (Å²) >= 11 is 0. The van der Waals surface area contributed by atoms with Crippen molar-refractivity contribution in [1.82, 2.24) is 15.3 Å². The van der Waals surface area contributed by atoms with Gasteiger partial charge in [-0.2, -0.15) is 4.98 Å². The lowest BCUT2D eigenvalue weighted by molar-refractivity contribution is 0.0949. The maximum Gasteiger partial charge on any atom is 0.346 e. The Morgan fingerprint density at radius 3 is 2.94 bits per heavy atom. The molecule has 1 amide bonds. The van der Waals surface area contributed by atoms with Crippen molar-refractivity contribution in [1.29, 1.82) is 0 Å². The number of amides is 1. The number of carbonyl (C=O) groups is 1. The Morgan fingerprint density at radius 2 is 2.17 bits per heavy atom. The molecule has 0 atom stereocenters. The van der Waals surface area contributed by atoms with Crippen molar-refractivity contribution < 1.29 is 4.79 Å². The number of aromatic nitrogens is 2. The summed E-state index contributed by atoms with van der Waals surface area (Å²) in [5.41, 5.74) is 0.304. The Labute approximate surface area is 104 Å². The second-order valence-corrected chi connectivity index (χ2v) is 4.05. The number of hydrogen-bond donors (Lipinski definition) is 2. The van der Waals surface area contributed by atoms with Crippen LogP contribution < -0.4 is 11.0 Å². The minimum Gasteiger partial charge on any atom is -0.351 e. The molecule has 0 aliphatic carbocycles. The number of carbonyl (C=O) groups excluding carboxylic acids is 1. The summed E-state index contributed by atoms with van der Waals surface area (Å²) in [5.74, 6) is -0.300. The van der Waals surface area contributed by atoms with E-state index < -0.39 is 5.69 Å². The number of unbranched alkanes of at least 4 members (excludes halogenated alkanes) is 1. The average Bonchev–Trinajstić information content (AvgIpc) is 2.38. The molecule has 2 N–H and O–H groups in total. The average molecular weight is 245 g/mol. The molecule has 1 heterocycles. The number of para-hydroxylation sites is 1. The zero-order valence-corrected chi connectivity index (χ0v) is 10.2. The van der Waals surface area contributed by atoms with Crippen LogP contribution in [-0.4, -0.2) is 22.4 Å². The van der Waals surface area contributed by atoms with Crippen molar-refractivity contribution in [2.24, 2.45) is 0 Å². The normalized spacial score (nSPS) is 10.5. The fraction of sp³-hybridized carbons (Fsp3) is 0.308. The number of rotatable bonds is 4. The van der Waals surface area contributed by atoms with Gasteiger partial charge in [0.1, 0.15) is 5.69 Å². The maximum atomic E-state index is 12.0. The second kappa shape index (κ2) is 5.44. The lowest BCUT2D eigenvalue weighted by Crippen LogP contribution is -2.28. The lowest BCUT2D eigenvalue weighted by atomic mass is 10.2. The first kappa shape index (κ1) is 12.3. The number of nitrogens with zero attached hydrogens (tertiary/aromatic N) is 1. The fourth-order valence-corrected chi connectivity index (χ4v) is 1.74. The van der Waals surface area contributed by atoms with Crippen LogP contribution in [0.2, 0.25) is 0 Å². The zero-order chi connectivity index (χ0) is 13.0. The van der Waals surface area contributed by atoms with Gasteiger partial charge in [-0.25, -0.2) is 4.79 Å². The molecule has 0 aliphatic rings. The van der Waals surface area contributed by atoms with E-state index in [2.05, 4.69) is 15.3 Å². The summed E-state index contributed by atoms with van der Waals surface area (Å²) in [7, 11) is 0. The van der Waals surface area contributed by atoms with Crippen molar-refractivity contribution in [3.63, 3.8) is 0 Å². The van der Waals surface area contributed by atoms with Crippen molar-refractivity contribution >= 4 is 16.8 Å². The molecule has 0 radical (unpaired) electrons. The maximum absolute atomic E-state index is 12.0.